The Labute approximate surface area is 203 Å². The lowest BCUT2D eigenvalue weighted by molar-refractivity contribution is -0.115. The van der Waals surface area contributed by atoms with Crippen molar-refractivity contribution in [2.24, 2.45) is 0 Å². The molecular weight excluding hydrogens is 456 g/mol. The summed E-state index contributed by atoms with van der Waals surface area (Å²) >= 11 is 1.28. The molecule has 3 aromatic rings. The minimum atomic E-state index is -0.509. The third-order valence-corrected chi connectivity index (χ3v) is 5.54. The first-order chi connectivity index (χ1) is 16.5. The summed E-state index contributed by atoms with van der Waals surface area (Å²) in [6.45, 7) is 6.30. The second-order valence-corrected chi connectivity index (χ2v) is 8.00. The van der Waals surface area contributed by atoms with Gasteiger partial charge in [0, 0.05) is 12.3 Å². The third kappa shape index (κ3) is 6.05. The van der Waals surface area contributed by atoms with Crippen LogP contribution in [-0.4, -0.2) is 37.2 Å². The van der Waals surface area contributed by atoms with Gasteiger partial charge >= 0.3 is 5.97 Å². The highest BCUT2D eigenvalue weighted by atomic mass is 32.1. The van der Waals surface area contributed by atoms with E-state index in [2.05, 4.69) is 4.98 Å². The highest BCUT2D eigenvalue weighted by molar-refractivity contribution is 7.14. The first-order valence-corrected chi connectivity index (χ1v) is 11.8. The number of anilines is 2. The summed E-state index contributed by atoms with van der Waals surface area (Å²) in [6, 6.07) is 12.2. The molecule has 0 bridgehead atoms. The Balaban J connectivity index is 1.72. The largest absolute Gasteiger partial charge is 0.495 e. The fourth-order valence-electron chi connectivity index (χ4n) is 3.14. The quantitative estimate of drug-likeness (QED) is 0.338. The van der Waals surface area contributed by atoms with Crippen molar-refractivity contribution in [3.8, 4) is 17.2 Å². The summed E-state index contributed by atoms with van der Waals surface area (Å²) in [5.74, 6) is 0.916. The lowest BCUT2D eigenvalue weighted by Crippen LogP contribution is -2.23. The number of methoxy groups -OCH3 is 1. The third-order valence-electron chi connectivity index (χ3n) is 4.66. The van der Waals surface area contributed by atoms with Gasteiger partial charge in [-0.05, 0) is 43.7 Å². The van der Waals surface area contributed by atoms with E-state index in [9.17, 15) is 9.59 Å². The number of rotatable bonds is 11. The second-order valence-electron chi connectivity index (χ2n) is 7.17. The molecule has 0 saturated heterocycles. The SMILES string of the molecule is CCCOc1ccc(C(=O)OCc2csc(N(C(C)=O)c3ccccc3OC)n2)cc1OCC. The van der Waals surface area contributed by atoms with Gasteiger partial charge in [0.2, 0.25) is 5.91 Å². The van der Waals surface area contributed by atoms with Gasteiger partial charge in [-0.2, -0.15) is 0 Å². The monoisotopic (exact) mass is 484 g/mol. The van der Waals surface area contributed by atoms with E-state index in [1.54, 1.807) is 42.8 Å². The van der Waals surface area contributed by atoms with Crippen molar-refractivity contribution in [1.29, 1.82) is 0 Å². The maximum Gasteiger partial charge on any atom is 0.338 e. The summed E-state index contributed by atoms with van der Waals surface area (Å²) in [5.41, 5.74) is 1.47. The van der Waals surface area contributed by atoms with Crippen molar-refractivity contribution in [3.05, 3.63) is 59.1 Å². The molecule has 0 fully saturated rings. The molecule has 2 aromatic carbocycles. The number of ether oxygens (including phenoxy) is 4. The fraction of sp³-hybridized carbons (Fsp3) is 0.320. The van der Waals surface area contributed by atoms with Gasteiger partial charge in [-0.3, -0.25) is 9.69 Å². The summed E-state index contributed by atoms with van der Waals surface area (Å²) in [5, 5.41) is 2.21. The molecule has 3 rings (SSSR count). The van der Waals surface area contributed by atoms with Gasteiger partial charge in [-0.15, -0.1) is 11.3 Å². The van der Waals surface area contributed by atoms with Crippen molar-refractivity contribution in [1.82, 2.24) is 4.98 Å². The first-order valence-electron chi connectivity index (χ1n) is 10.9. The number of carbonyl (C=O) groups excluding carboxylic acids is 2. The molecule has 1 amide bonds. The number of para-hydroxylation sites is 2. The Bertz CT molecular complexity index is 1130. The molecule has 0 saturated carbocycles. The van der Waals surface area contributed by atoms with Crippen LogP contribution in [0.2, 0.25) is 0 Å². The molecular formula is C25H28N2O6S. The van der Waals surface area contributed by atoms with Gasteiger partial charge in [0.15, 0.2) is 16.6 Å². The first kappa shape index (κ1) is 25.0. The van der Waals surface area contributed by atoms with Crippen LogP contribution in [-0.2, 0) is 16.1 Å². The molecule has 0 aliphatic carbocycles. The van der Waals surface area contributed by atoms with E-state index in [0.29, 0.717) is 52.5 Å². The molecule has 0 N–H and O–H groups in total. The number of nitrogens with zero attached hydrogens (tertiary/aromatic N) is 2. The van der Waals surface area contributed by atoms with Crippen LogP contribution in [0.5, 0.6) is 17.2 Å². The smallest absolute Gasteiger partial charge is 0.338 e. The Morgan fingerprint density at radius 2 is 1.82 bits per heavy atom. The Morgan fingerprint density at radius 1 is 1.03 bits per heavy atom. The maximum absolute atomic E-state index is 12.6. The molecule has 9 heteroatoms. The zero-order chi connectivity index (χ0) is 24.5. The highest BCUT2D eigenvalue weighted by Crippen LogP contribution is 2.35. The van der Waals surface area contributed by atoms with E-state index >= 15 is 0 Å². The van der Waals surface area contributed by atoms with Gasteiger partial charge in [0.05, 0.1) is 37.3 Å². The minimum absolute atomic E-state index is 0.0366. The van der Waals surface area contributed by atoms with E-state index < -0.39 is 5.97 Å². The topological polar surface area (TPSA) is 87.2 Å². The Morgan fingerprint density at radius 3 is 2.53 bits per heavy atom. The summed E-state index contributed by atoms with van der Waals surface area (Å²) in [6.07, 6.45) is 0.864. The fourth-order valence-corrected chi connectivity index (χ4v) is 4.01. The number of hydrogen-bond acceptors (Lipinski definition) is 8. The molecule has 0 aliphatic heterocycles. The predicted molar refractivity (Wildman–Crippen MR) is 130 cm³/mol. The predicted octanol–water partition coefficient (Wildman–Crippen LogP) is 5.38. The molecule has 34 heavy (non-hydrogen) atoms. The Kier molecular flexibility index (Phi) is 8.86. The number of amides is 1. The molecule has 0 radical (unpaired) electrons. The van der Waals surface area contributed by atoms with Crippen molar-refractivity contribution < 1.29 is 28.5 Å². The van der Waals surface area contributed by atoms with Gasteiger partial charge < -0.3 is 18.9 Å². The molecule has 0 unspecified atom stereocenters. The molecule has 0 spiro atoms. The van der Waals surface area contributed by atoms with E-state index in [4.69, 9.17) is 18.9 Å². The van der Waals surface area contributed by atoms with Gasteiger partial charge in [-0.1, -0.05) is 19.1 Å². The number of thiazole rings is 1. The van der Waals surface area contributed by atoms with Crippen molar-refractivity contribution in [2.45, 2.75) is 33.8 Å². The number of carbonyl (C=O) groups is 2. The van der Waals surface area contributed by atoms with Crippen LogP contribution < -0.4 is 19.1 Å². The standard InChI is InChI=1S/C25H28N2O6S/c1-5-13-32-22-12-11-18(14-23(22)31-6-2)24(29)33-15-19-16-34-25(26-19)27(17(3)28)20-9-7-8-10-21(20)30-4/h7-12,14,16H,5-6,13,15H2,1-4H3. The summed E-state index contributed by atoms with van der Waals surface area (Å²) in [7, 11) is 1.54. The van der Waals surface area contributed by atoms with Gasteiger partial charge in [-0.25, -0.2) is 9.78 Å². The van der Waals surface area contributed by atoms with Crippen molar-refractivity contribution in [3.63, 3.8) is 0 Å². The number of benzene rings is 2. The van der Waals surface area contributed by atoms with E-state index in [1.807, 2.05) is 26.0 Å². The van der Waals surface area contributed by atoms with E-state index in [1.165, 1.54) is 23.2 Å². The average molecular weight is 485 g/mol. The molecule has 1 aromatic heterocycles. The summed E-state index contributed by atoms with van der Waals surface area (Å²) < 4.78 is 22.1. The second kappa shape index (κ2) is 12.0. The minimum Gasteiger partial charge on any atom is -0.495 e. The number of hydrogen-bond donors (Lipinski definition) is 0. The number of aromatic nitrogens is 1. The van der Waals surface area contributed by atoms with Crippen LogP contribution in [0.15, 0.2) is 47.8 Å². The molecule has 0 atom stereocenters. The molecule has 180 valence electrons. The van der Waals surface area contributed by atoms with E-state index in [0.717, 1.165) is 6.42 Å². The summed E-state index contributed by atoms with van der Waals surface area (Å²) in [4.78, 5) is 31.0. The van der Waals surface area contributed by atoms with Crippen molar-refractivity contribution >= 4 is 34.0 Å². The van der Waals surface area contributed by atoms with Crippen LogP contribution in [0.4, 0.5) is 10.8 Å². The molecule has 8 nitrogen and oxygen atoms in total. The zero-order valence-electron chi connectivity index (χ0n) is 19.7. The number of esters is 1. The lowest BCUT2D eigenvalue weighted by atomic mass is 10.2. The van der Waals surface area contributed by atoms with Crippen LogP contribution >= 0.6 is 11.3 Å². The van der Waals surface area contributed by atoms with Crippen LogP contribution in [0.3, 0.4) is 0 Å². The lowest BCUT2D eigenvalue weighted by Gasteiger charge is -2.20. The zero-order valence-corrected chi connectivity index (χ0v) is 20.5. The van der Waals surface area contributed by atoms with E-state index in [-0.39, 0.29) is 12.5 Å². The van der Waals surface area contributed by atoms with Crippen molar-refractivity contribution in [2.75, 3.05) is 25.2 Å². The normalized spacial score (nSPS) is 10.5. The molecule has 0 aliphatic rings. The Hall–Kier alpha value is -3.59. The van der Waals surface area contributed by atoms with Gasteiger partial charge in [0.25, 0.3) is 0 Å². The maximum atomic E-state index is 12.6. The van der Waals surface area contributed by atoms with Crippen LogP contribution in [0, 0.1) is 0 Å². The highest BCUT2D eigenvalue weighted by Gasteiger charge is 2.22. The van der Waals surface area contributed by atoms with Crippen LogP contribution in [0.1, 0.15) is 43.2 Å². The molecule has 1 heterocycles. The average Bonchev–Trinajstić information content (AvgIpc) is 3.30. The van der Waals surface area contributed by atoms with Crippen LogP contribution in [0.25, 0.3) is 0 Å². The van der Waals surface area contributed by atoms with Gasteiger partial charge in [0.1, 0.15) is 12.4 Å².